The number of nitro groups is 1. The maximum absolute atomic E-state index is 12.9. The Morgan fingerprint density at radius 1 is 1.03 bits per heavy atom. The Labute approximate surface area is 181 Å². The number of non-ortho nitro benzene ring substituents is 1. The Hall–Kier alpha value is -3.83. The second-order valence-corrected chi connectivity index (χ2v) is 8.19. The Morgan fingerprint density at radius 2 is 1.77 bits per heavy atom. The van der Waals surface area contributed by atoms with Crippen LogP contribution < -0.4 is 10.1 Å². The number of sulfonamides is 1. The van der Waals surface area contributed by atoms with Crippen LogP contribution in [0.15, 0.2) is 70.7 Å². The number of benzene rings is 3. The van der Waals surface area contributed by atoms with Crippen molar-refractivity contribution in [2.75, 3.05) is 10.1 Å². The van der Waals surface area contributed by atoms with Gasteiger partial charge in [-0.2, -0.15) is 5.10 Å². The van der Waals surface area contributed by atoms with E-state index >= 15 is 0 Å². The number of nitro benzene ring substituents is 1. The number of phenols is 2. The van der Waals surface area contributed by atoms with Gasteiger partial charge < -0.3 is 10.2 Å². The standard InChI is InChI=1S/C19H15ClN4O6S/c20-15-3-1-2-4-16(15)23-31(29,30)19-9-13(24(27)28)6-8-17(19)22-21-11-12-5-7-14(25)10-18(12)26/h1-11,22-23,25-26H. The molecule has 0 aromatic heterocycles. The summed E-state index contributed by atoms with van der Waals surface area (Å²) in [6.45, 7) is 0. The first-order valence-electron chi connectivity index (χ1n) is 8.54. The molecule has 0 saturated heterocycles. The number of para-hydroxylation sites is 1. The summed E-state index contributed by atoms with van der Waals surface area (Å²) in [5.74, 6) is -0.389. The largest absolute Gasteiger partial charge is 0.508 e. The minimum Gasteiger partial charge on any atom is -0.508 e. The lowest BCUT2D eigenvalue weighted by molar-refractivity contribution is -0.385. The van der Waals surface area contributed by atoms with Gasteiger partial charge in [-0.1, -0.05) is 23.7 Å². The third-order valence-electron chi connectivity index (χ3n) is 3.99. The summed E-state index contributed by atoms with van der Waals surface area (Å²) in [5, 5.41) is 34.3. The quantitative estimate of drug-likeness (QED) is 0.236. The molecule has 160 valence electrons. The molecule has 12 heteroatoms. The fraction of sp³-hybridized carbons (Fsp3) is 0. The molecule has 0 aliphatic heterocycles. The molecule has 0 unspecified atom stereocenters. The van der Waals surface area contributed by atoms with Crippen LogP contribution in [0.1, 0.15) is 5.56 Å². The van der Waals surface area contributed by atoms with E-state index in [1.165, 1.54) is 36.5 Å². The minimum atomic E-state index is -4.29. The number of aromatic hydroxyl groups is 2. The second kappa shape index (κ2) is 8.90. The molecule has 3 rings (SSSR count). The number of phenolic OH excluding ortho intramolecular Hbond substituents is 2. The van der Waals surface area contributed by atoms with Crippen molar-refractivity contribution < 1.29 is 23.6 Å². The number of rotatable bonds is 7. The van der Waals surface area contributed by atoms with E-state index in [2.05, 4.69) is 15.2 Å². The average molecular weight is 463 g/mol. The van der Waals surface area contributed by atoms with Crippen LogP contribution in [0.4, 0.5) is 17.1 Å². The van der Waals surface area contributed by atoms with Crippen LogP contribution in [0.25, 0.3) is 0 Å². The molecule has 0 atom stereocenters. The van der Waals surface area contributed by atoms with Gasteiger partial charge in [-0.15, -0.1) is 0 Å². The van der Waals surface area contributed by atoms with Crippen molar-refractivity contribution in [1.29, 1.82) is 0 Å². The zero-order valence-electron chi connectivity index (χ0n) is 15.6. The van der Waals surface area contributed by atoms with Gasteiger partial charge in [0.2, 0.25) is 0 Å². The van der Waals surface area contributed by atoms with Gasteiger partial charge in [-0.25, -0.2) is 8.42 Å². The van der Waals surface area contributed by atoms with Gasteiger partial charge in [-0.3, -0.25) is 20.3 Å². The summed E-state index contributed by atoms with van der Waals surface area (Å²) in [5.41, 5.74) is 2.34. The molecule has 31 heavy (non-hydrogen) atoms. The predicted octanol–water partition coefficient (Wildman–Crippen LogP) is 3.91. The molecule has 10 nitrogen and oxygen atoms in total. The van der Waals surface area contributed by atoms with Crippen LogP contribution in [0.2, 0.25) is 5.02 Å². The zero-order valence-corrected chi connectivity index (χ0v) is 17.1. The Balaban J connectivity index is 1.96. The van der Waals surface area contributed by atoms with Crippen LogP contribution >= 0.6 is 11.6 Å². The molecule has 0 bridgehead atoms. The van der Waals surface area contributed by atoms with Gasteiger partial charge in [-0.05, 0) is 30.3 Å². The molecule has 0 radical (unpaired) electrons. The van der Waals surface area contributed by atoms with E-state index in [1.807, 2.05) is 0 Å². The average Bonchev–Trinajstić information content (AvgIpc) is 2.71. The summed E-state index contributed by atoms with van der Waals surface area (Å²) >= 11 is 6.00. The van der Waals surface area contributed by atoms with E-state index in [9.17, 15) is 28.7 Å². The molecular formula is C19H15ClN4O6S. The molecule has 0 aliphatic carbocycles. The van der Waals surface area contributed by atoms with Crippen molar-refractivity contribution in [1.82, 2.24) is 0 Å². The SMILES string of the molecule is O=[N+]([O-])c1ccc(NN=Cc2ccc(O)cc2O)c(S(=O)(=O)Nc2ccccc2Cl)c1. The monoisotopic (exact) mass is 462 g/mol. The Bertz CT molecular complexity index is 1280. The maximum atomic E-state index is 12.9. The smallest absolute Gasteiger partial charge is 0.270 e. The number of hydrazone groups is 1. The van der Waals surface area contributed by atoms with E-state index < -0.39 is 25.5 Å². The van der Waals surface area contributed by atoms with Crippen LogP contribution in [-0.2, 0) is 10.0 Å². The molecule has 3 aromatic carbocycles. The normalized spacial score (nSPS) is 11.4. The van der Waals surface area contributed by atoms with E-state index in [1.54, 1.807) is 12.1 Å². The third-order valence-corrected chi connectivity index (χ3v) is 5.72. The molecule has 4 N–H and O–H groups in total. The first-order chi connectivity index (χ1) is 14.7. The van der Waals surface area contributed by atoms with Gasteiger partial charge in [0.25, 0.3) is 15.7 Å². The van der Waals surface area contributed by atoms with Crippen LogP contribution in [-0.4, -0.2) is 29.8 Å². The Morgan fingerprint density at radius 3 is 2.45 bits per heavy atom. The lowest BCUT2D eigenvalue weighted by Crippen LogP contribution is -2.15. The number of hydrogen-bond acceptors (Lipinski definition) is 8. The van der Waals surface area contributed by atoms with E-state index in [-0.39, 0.29) is 33.5 Å². The molecule has 0 fully saturated rings. The zero-order chi connectivity index (χ0) is 22.6. The topological polar surface area (TPSA) is 154 Å². The summed E-state index contributed by atoms with van der Waals surface area (Å²) in [6.07, 6.45) is 1.19. The fourth-order valence-electron chi connectivity index (χ4n) is 2.50. The highest BCUT2D eigenvalue weighted by Gasteiger charge is 2.23. The van der Waals surface area contributed by atoms with Crippen molar-refractivity contribution in [2.24, 2.45) is 5.10 Å². The van der Waals surface area contributed by atoms with Crippen molar-refractivity contribution in [3.8, 4) is 11.5 Å². The maximum Gasteiger partial charge on any atom is 0.270 e. The molecule has 3 aromatic rings. The highest BCUT2D eigenvalue weighted by Crippen LogP contribution is 2.30. The molecular weight excluding hydrogens is 448 g/mol. The van der Waals surface area contributed by atoms with E-state index in [0.29, 0.717) is 0 Å². The molecule has 0 heterocycles. The first-order valence-corrected chi connectivity index (χ1v) is 10.4. The number of hydrogen-bond donors (Lipinski definition) is 4. The van der Waals surface area contributed by atoms with Crippen LogP contribution in [0.5, 0.6) is 11.5 Å². The van der Waals surface area contributed by atoms with Crippen molar-refractivity contribution in [3.63, 3.8) is 0 Å². The van der Waals surface area contributed by atoms with E-state index in [0.717, 1.165) is 18.2 Å². The minimum absolute atomic E-state index is 0.0559. The first kappa shape index (κ1) is 21.9. The van der Waals surface area contributed by atoms with Crippen LogP contribution in [0, 0.1) is 10.1 Å². The van der Waals surface area contributed by atoms with E-state index in [4.69, 9.17) is 11.6 Å². The van der Waals surface area contributed by atoms with Gasteiger partial charge in [0, 0.05) is 23.8 Å². The fourth-order valence-corrected chi connectivity index (χ4v) is 3.99. The van der Waals surface area contributed by atoms with Crippen LogP contribution in [0.3, 0.4) is 0 Å². The van der Waals surface area contributed by atoms with Gasteiger partial charge in [0.15, 0.2) is 0 Å². The van der Waals surface area contributed by atoms with Gasteiger partial charge in [0.05, 0.1) is 27.5 Å². The summed E-state index contributed by atoms with van der Waals surface area (Å²) < 4.78 is 28.1. The van der Waals surface area contributed by atoms with Crippen molar-refractivity contribution >= 4 is 44.9 Å². The van der Waals surface area contributed by atoms with Crippen molar-refractivity contribution in [3.05, 3.63) is 81.4 Å². The van der Waals surface area contributed by atoms with Crippen molar-refractivity contribution in [2.45, 2.75) is 4.90 Å². The molecule has 0 saturated carbocycles. The highest BCUT2D eigenvalue weighted by molar-refractivity contribution is 7.93. The van der Waals surface area contributed by atoms with Gasteiger partial charge >= 0.3 is 0 Å². The highest BCUT2D eigenvalue weighted by atomic mass is 35.5. The molecule has 0 spiro atoms. The summed E-state index contributed by atoms with van der Waals surface area (Å²) in [4.78, 5) is 9.98. The lowest BCUT2D eigenvalue weighted by Gasteiger charge is -2.13. The summed E-state index contributed by atoms with van der Waals surface area (Å²) in [7, 11) is -4.29. The summed E-state index contributed by atoms with van der Waals surface area (Å²) in [6, 6.07) is 13.1. The number of nitrogens with one attached hydrogen (secondary N) is 2. The third kappa shape index (κ3) is 5.21. The molecule has 0 amide bonds. The van der Waals surface area contributed by atoms with Gasteiger partial charge in [0.1, 0.15) is 16.4 Å². The lowest BCUT2D eigenvalue weighted by atomic mass is 10.2. The second-order valence-electron chi connectivity index (χ2n) is 6.14. The number of anilines is 2. The predicted molar refractivity (Wildman–Crippen MR) is 116 cm³/mol. The number of halogens is 1. The molecule has 0 aliphatic rings. The Kier molecular flexibility index (Phi) is 6.28. The number of nitrogens with zero attached hydrogens (tertiary/aromatic N) is 2.